The summed E-state index contributed by atoms with van der Waals surface area (Å²) in [5, 5.41) is 15.8. The van der Waals surface area contributed by atoms with E-state index in [0.717, 1.165) is 16.2 Å². The summed E-state index contributed by atoms with van der Waals surface area (Å²) >= 11 is 1.21. The minimum Gasteiger partial charge on any atom is -0.378 e. The third-order valence-electron chi connectivity index (χ3n) is 7.06. The maximum absolute atomic E-state index is 13.4. The molecule has 4 aromatic rings. The van der Waals surface area contributed by atoms with Crippen LogP contribution in [0, 0.1) is 10.1 Å². The van der Waals surface area contributed by atoms with E-state index in [1.54, 1.807) is 60.7 Å². The van der Waals surface area contributed by atoms with E-state index in [-0.39, 0.29) is 23.5 Å². The molecular formula is C34H29N5O6S. The maximum atomic E-state index is 13.4. The predicted octanol–water partition coefficient (Wildman–Crippen LogP) is 5.49. The summed E-state index contributed by atoms with van der Waals surface area (Å²) < 4.78 is 0. The number of benzene rings is 4. The number of nitrogens with zero attached hydrogens (tertiary/aromatic N) is 3. The number of anilines is 3. The van der Waals surface area contributed by atoms with Crippen molar-refractivity contribution in [3.63, 3.8) is 0 Å². The highest BCUT2D eigenvalue weighted by atomic mass is 32.2. The number of carbonyl (C=O) groups is 4. The van der Waals surface area contributed by atoms with E-state index in [9.17, 15) is 29.3 Å². The number of thioether (sulfide) groups is 1. The zero-order valence-corrected chi connectivity index (χ0v) is 25.7. The maximum Gasteiger partial charge on any atom is 0.272 e. The van der Waals surface area contributed by atoms with Crippen LogP contribution in [0.1, 0.15) is 22.3 Å². The van der Waals surface area contributed by atoms with Crippen molar-refractivity contribution < 1.29 is 24.1 Å². The van der Waals surface area contributed by atoms with E-state index in [2.05, 4.69) is 10.6 Å². The first-order chi connectivity index (χ1) is 22.1. The number of hydrogen-bond acceptors (Lipinski definition) is 8. The lowest BCUT2D eigenvalue weighted by Crippen LogP contribution is -2.31. The fraction of sp³-hybridized carbons (Fsp3) is 0.118. The van der Waals surface area contributed by atoms with Crippen LogP contribution in [-0.4, -0.2) is 47.9 Å². The Morgan fingerprint density at radius 2 is 1.57 bits per heavy atom. The van der Waals surface area contributed by atoms with Crippen molar-refractivity contribution in [2.24, 2.45) is 0 Å². The molecule has 1 unspecified atom stereocenters. The molecule has 11 nitrogen and oxygen atoms in total. The average molecular weight is 636 g/mol. The first-order valence-electron chi connectivity index (χ1n) is 14.1. The van der Waals surface area contributed by atoms with Crippen LogP contribution >= 0.6 is 11.8 Å². The topological polar surface area (TPSA) is 142 Å². The standard InChI is InChI=1S/C34H29N5O6S/c1-37(2)25-12-8-22(9-13-25)20-29(36-32(41)23-6-4-3-5-7-23)33(42)35-24-10-18-28(19-11-24)46-30-21-31(40)38(34(30)43)26-14-16-27(17-15-26)39(44)45/h3-20,30H,21H2,1-2H3,(H,35,42)(H,36,41)/b29-20-. The summed E-state index contributed by atoms with van der Waals surface area (Å²) in [6, 6.07) is 28.1. The quantitative estimate of drug-likeness (QED) is 0.101. The highest BCUT2D eigenvalue weighted by Gasteiger charge is 2.40. The van der Waals surface area contributed by atoms with E-state index >= 15 is 0 Å². The van der Waals surface area contributed by atoms with Crippen LogP contribution in [-0.2, 0) is 14.4 Å². The molecule has 46 heavy (non-hydrogen) atoms. The van der Waals surface area contributed by atoms with Crippen LogP contribution in [0.5, 0.6) is 0 Å². The van der Waals surface area contributed by atoms with Gasteiger partial charge in [-0.2, -0.15) is 0 Å². The number of non-ortho nitro benzene ring substituents is 1. The molecule has 232 valence electrons. The third-order valence-corrected chi connectivity index (χ3v) is 8.26. The molecule has 0 bridgehead atoms. The van der Waals surface area contributed by atoms with Crippen molar-refractivity contribution in [3.8, 4) is 0 Å². The van der Waals surface area contributed by atoms with Crippen LogP contribution in [0.25, 0.3) is 6.08 Å². The van der Waals surface area contributed by atoms with E-state index in [0.29, 0.717) is 16.1 Å². The lowest BCUT2D eigenvalue weighted by atomic mass is 10.1. The molecule has 1 aliphatic rings. The molecule has 0 radical (unpaired) electrons. The third kappa shape index (κ3) is 7.48. The summed E-state index contributed by atoms with van der Waals surface area (Å²) in [6.07, 6.45) is 1.57. The molecule has 1 atom stereocenters. The van der Waals surface area contributed by atoms with Crippen molar-refractivity contribution in [2.75, 3.05) is 29.2 Å². The predicted molar refractivity (Wildman–Crippen MR) is 178 cm³/mol. The molecular weight excluding hydrogens is 606 g/mol. The van der Waals surface area contributed by atoms with Crippen molar-refractivity contribution in [3.05, 3.63) is 130 Å². The Morgan fingerprint density at radius 1 is 0.913 bits per heavy atom. The van der Waals surface area contributed by atoms with Gasteiger partial charge in [-0.05, 0) is 72.3 Å². The molecule has 2 N–H and O–H groups in total. The van der Waals surface area contributed by atoms with Crippen LogP contribution in [0.2, 0.25) is 0 Å². The largest absolute Gasteiger partial charge is 0.378 e. The van der Waals surface area contributed by atoms with Crippen molar-refractivity contribution in [2.45, 2.75) is 16.6 Å². The van der Waals surface area contributed by atoms with Crippen LogP contribution in [0.3, 0.4) is 0 Å². The molecule has 0 aromatic heterocycles. The zero-order chi connectivity index (χ0) is 32.8. The SMILES string of the molecule is CN(C)c1ccc(/C=C(\NC(=O)c2ccccc2)C(=O)Nc2ccc(SC3CC(=O)N(c4ccc([N+](=O)[O-])cc4)C3=O)cc2)cc1. The van der Waals surface area contributed by atoms with Gasteiger partial charge in [-0.25, -0.2) is 4.90 Å². The molecule has 1 saturated heterocycles. The first kappa shape index (κ1) is 31.7. The number of hydrogen-bond donors (Lipinski definition) is 2. The van der Waals surface area contributed by atoms with Gasteiger partial charge in [0.2, 0.25) is 11.8 Å². The minimum absolute atomic E-state index is 0.0240. The fourth-order valence-electron chi connectivity index (χ4n) is 4.65. The van der Waals surface area contributed by atoms with E-state index < -0.39 is 33.8 Å². The Balaban J connectivity index is 1.27. The first-order valence-corrected chi connectivity index (χ1v) is 15.0. The summed E-state index contributed by atoms with van der Waals surface area (Å²) in [6.45, 7) is 0. The molecule has 4 amide bonds. The van der Waals surface area contributed by atoms with Gasteiger partial charge >= 0.3 is 0 Å². The minimum atomic E-state index is -0.676. The number of rotatable bonds is 10. The van der Waals surface area contributed by atoms with Crippen LogP contribution in [0.15, 0.2) is 114 Å². The monoisotopic (exact) mass is 635 g/mol. The highest BCUT2D eigenvalue weighted by Crippen LogP contribution is 2.35. The van der Waals surface area contributed by atoms with Gasteiger partial charge in [0.05, 0.1) is 15.9 Å². The smallest absolute Gasteiger partial charge is 0.272 e. The number of nitrogens with one attached hydrogen (secondary N) is 2. The van der Waals surface area contributed by atoms with E-state index in [1.807, 2.05) is 43.3 Å². The van der Waals surface area contributed by atoms with Gasteiger partial charge < -0.3 is 15.5 Å². The Kier molecular flexibility index (Phi) is 9.58. The highest BCUT2D eigenvalue weighted by molar-refractivity contribution is 8.00. The molecule has 4 aromatic carbocycles. The average Bonchev–Trinajstić information content (AvgIpc) is 3.33. The Labute approximate surface area is 269 Å². The second-order valence-electron chi connectivity index (χ2n) is 10.5. The number of carbonyl (C=O) groups excluding carboxylic acids is 4. The molecule has 0 aliphatic carbocycles. The van der Waals surface area contributed by atoms with Crippen LogP contribution < -0.4 is 20.4 Å². The molecule has 5 rings (SSSR count). The molecule has 0 saturated carbocycles. The summed E-state index contributed by atoms with van der Waals surface area (Å²) in [7, 11) is 3.85. The van der Waals surface area contributed by atoms with Gasteiger partial charge in [-0.3, -0.25) is 29.3 Å². The zero-order valence-electron chi connectivity index (χ0n) is 24.9. The van der Waals surface area contributed by atoms with Gasteiger partial charge in [-0.15, -0.1) is 11.8 Å². The number of imide groups is 1. The van der Waals surface area contributed by atoms with Crippen molar-refractivity contribution in [1.82, 2.24) is 5.32 Å². The molecule has 0 spiro atoms. The van der Waals surface area contributed by atoms with Gasteiger partial charge in [0.15, 0.2) is 0 Å². The summed E-state index contributed by atoms with van der Waals surface area (Å²) in [5.41, 5.74) is 2.74. The number of nitro benzene ring substituents is 1. The Bertz CT molecular complexity index is 1810. The van der Waals surface area contributed by atoms with E-state index in [4.69, 9.17) is 0 Å². The van der Waals surface area contributed by atoms with Crippen molar-refractivity contribution >= 4 is 64.2 Å². The molecule has 1 heterocycles. The summed E-state index contributed by atoms with van der Waals surface area (Å²) in [5.74, 6) is -1.77. The lowest BCUT2D eigenvalue weighted by Gasteiger charge is -2.15. The molecule has 1 fully saturated rings. The van der Waals surface area contributed by atoms with Gasteiger partial charge in [0.25, 0.3) is 17.5 Å². The second kappa shape index (κ2) is 13.9. The normalized spacial score (nSPS) is 14.6. The number of nitro groups is 1. The Hall–Kier alpha value is -5.75. The molecule has 1 aliphatic heterocycles. The lowest BCUT2D eigenvalue weighted by molar-refractivity contribution is -0.384. The van der Waals surface area contributed by atoms with Gasteiger partial charge in [0.1, 0.15) is 5.70 Å². The van der Waals surface area contributed by atoms with E-state index in [1.165, 1.54) is 36.0 Å². The van der Waals surface area contributed by atoms with Crippen LogP contribution in [0.4, 0.5) is 22.7 Å². The summed E-state index contributed by atoms with van der Waals surface area (Å²) in [4.78, 5) is 66.2. The Morgan fingerprint density at radius 3 is 2.17 bits per heavy atom. The molecule has 12 heteroatoms. The van der Waals surface area contributed by atoms with Gasteiger partial charge in [0, 0.05) is 54.5 Å². The fourth-order valence-corrected chi connectivity index (χ4v) is 5.70. The van der Waals surface area contributed by atoms with Gasteiger partial charge in [-0.1, -0.05) is 30.3 Å². The van der Waals surface area contributed by atoms with Crippen molar-refractivity contribution in [1.29, 1.82) is 0 Å². The second-order valence-corrected chi connectivity index (χ2v) is 11.8. The number of amides is 4.